The zero-order valence-electron chi connectivity index (χ0n) is 7.81. The highest BCUT2D eigenvalue weighted by molar-refractivity contribution is 9.10. The first kappa shape index (κ1) is 12.1. The van der Waals surface area contributed by atoms with E-state index in [1.807, 2.05) is 0 Å². The average molecular weight is 280 g/mol. The van der Waals surface area contributed by atoms with Crippen molar-refractivity contribution in [3.05, 3.63) is 28.2 Å². The number of amides is 1. The van der Waals surface area contributed by atoms with Crippen LogP contribution in [0.1, 0.15) is 0 Å². The molecule has 1 amide bonds. The fourth-order valence-corrected chi connectivity index (χ4v) is 1.37. The van der Waals surface area contributed by atoms with Gasteiger partial charge in [0.05, 0.1) is 0 Å². The van der Waals surface area contributed by atoms with Crippen molar-refractivity contribution in [2.45, 2.75) is 0 Å². The van der Waals surface area contributed by atoms with Crippen LogP contribution >= 0.6 is 15.9 Å². The summed E-state index contributed by atoms with van der Waals surface area (Å²) < 4.78 is 31.2. The van der Waals surface area contributed by atoms with Gasteiger partial charge in [0, 0.05) is 11.6 Å². The summed E-state index contributed by atoms with van der Waals surface area (Å²) in [6, 6.07) is 2.12. The van der Waals surface area contributed by atoms with E-state index in [4.69, 9.17) is 0 Å². The molecule has 0 atom stereocenters. The molecule has 0 unspecified atom stereocenters. The molecular weight excluding hydrogens is 272 g/mol. The zero-order chi connectivity index (χ0) is 11.4. The molecule has 0 aliphatic heterocycles. The van der Waals surface area contributed by atoms with E-state index in [9.17, 15) is 13.6 Å². The van der Waals surface area contributed by atoms with Gasteiger partial charge in [-0.25, -0.2) is 8.78 Å². The van der Waals surface area contributed by atoms with Crippen LogP contribution in [0.3, 0.4) is 0 Å². The molecule has 82 valence electrons. The molecule has 0 aliphatic rings. The molecule has 0 radical (unpaired) electrons. The second kappa shape index (κ2) is 5.18. The van der Waals surface area contributed by atoms with Crippen LogP contribution in [-0.4, -0.2) is 19.6 Å². The van der Waals surface area contributed by atoms with Crippen LogP contribution < -0.4 is 5.32 Å². The minimum Gasteiger partial charge on any atom is -0.375 e. The predicted molar refractivity (Wildman–Crippen MR) is 54.6 cm³/mol. The first-order chi connectivity index (χ1) is 7.04. The smallest absolute Gasteiger partial charge is 0.250 e. The first-order valence-corrected chi connectivity index (χ1v) is 4.77. The Kier molecular flexibility index (Phi) is 4.16. The van der Waals surface area contributed by atoms with Crippen molar-refractivity contribution in [1.82, 2.24) is 0 Å². The number of ether oxygens (including phenoxy) is 1. The Morgan fingerprint density at radius 1 is 1.47 bits per heavy atom. The van der Waals surface area contributed by atoms with E-state index in [0.717, 1.165) is 12.1 Å². The van der Waals surface area contributed by atoms with Crippen LogP contribution in [0.4, 0.5) is 14.5 Å². The Morgan fingerprint density at radius 2 is 2.00 bits per heavy atom. The predicted octanol–water partition coefficient (Wildman–Crippen LogP) is 2.31. The number of methoxy groups -OCH3 is 1. The van der Waals surface area contributed by atoms with Gasteiger partial charge < -0.3 is 10.1 Å². The molecule has 0 bridgehead atoms. The van der Waals surface area contributed by atoms with Crippen LogP contribution in [0.25, 0.3) is 0 Å². The van der Waals surface area contributed by atoms with E-state index in [0.29, 0.717) is 0 Å². The number of carbonyl (C=O) groups excluding carboxylic acids is 1. The van der Waals surface area contributed by atoms with Gasteiger partial charge in [-0.3, -0.25) is 4.79 Å². The van der Waals surface area contributed by atoms with Crippen LogP contribution in [0.5, 0.6) is 0 Å². The monoisotopic (exact) mass is 279 g/mol. The maximum absolute atomic E-state index is 13.2. The van der Waals surface area contributed by atoms with Crippen molar-refractivity contribution in [1.29, 1.82) is 0 Å². The highest BCUT2D eigenvalue weighted by atomic mass is 79.9. The van der Waals surface area contributed by atoms with Crippen molar-refractivity contribution < 1.29 is 18.3 Å². The number of hydrogen-bond acceptors (Lipinski definition) is 2. The minimum absolute atomic E-state index is 0.255. The second-order valence-electron chi connectivity index (χ2n) is 2.73. The van der Waals surface area contributed by atoms with Gasteiger partial charge in [0.15, 0.2) is 11.6 Å². The van der Waals surface area contributed by atoms with E-state index in [-0.39, 0.29) is 11.1 Å². The van der Waals surface area contributed by atoms with Gasteiger partial charge in [0.2, 0.25) is 0 Å². The van der Waals surface area contributed by atoms with Gasteiger partial charge in [0.25, 0.3) is 5.91 Å². The zero-order valence-corrected chi connectivity index (χ0v) is 9.40. The Morgan fingerprint density at radius 3 is 2.47 bits per heavy atom. The number of hydrogen-bond donors (Lipinski definition) is 1. The number of nitrogens with one attached hydrogen (secondary N) is 1. The Bertz CT molecular complexity index is 361. The van der Waals surface area contributed by atoms with Crippen molar-refractivity contribution in [3.63, 3.8) is 0 Å². The van der Waals surface area contributed by atoms with Gasteiger partial charge in [-0.2, -0.15) is 0 Å². The topological polar surface area (TPSA) is 38.3 Å². The van der Waals surface area contributed by atoms with E-state index >= 15 is 0 Å². The van der Waals surface area contributed by atoms with Crippen molar-refractivity contribution in [2.24, 2.45) is 0 Å². The lowest BCUT2D eigenvalue weighted by atomic mass is 10.3. The van der Waals surface area contributed by atoms with Gasteiger partial charge in [-0.1, -0.05) is 15.9 Å². The number of benzene rings is 1. The maximum Gasteiger partial charge on any atom is 0.250 e. The molecule has 0 aromatic heterocycles. The fourth-order valence-electron chi connectivity index (χ4n) is 0.968. The minimum atomic E-state index is -0.841. The Balaban J connectivity index is 2.90. The molecule has 6 heteroatoms. The summed E-state index contributed by atoms with van der Waals surface area (Å²) in [5.74, 6) is -2.30. The fraction of sp³-hybridized carbons (Fsp3) is 0.222. The molecule has 15 heavy (non-hydrogen) atoms. The molecule has 1 aromatic carbocycles. The third-order valence-corrected chi connectivity index (χ3v) is 2.00. The lowest BCUT2D eigenvalue weighted by Gasteiger charge is -2.07. The van der Waals surface area contributed by atoms with Crippen LogP contribution in [-0.2, 0) is 9.53 Å². The van der Waals surface area contributed by atoms with Crippen molar-refractivity contribution in [2.75, 3.05) is 19.0 Å². The number of anilines is 1. The molecule has 1 N–H and O–H groups in total. The summed E-state index contributed by atoms with van der Waals surface area (Å²) >= 11 is 2.93. The molecule has 1 rings (SSSR count). The molecule has 0 fully saturated rings. The largest absolute Gasteiger partial charge is 0.375 e. The van der Waals surface area contributed by atoms with E-state index in [1.165, 1.54) is 7.11 Å². The third-order valence-electron chi connectivity index (χ3n) is 1.55. The summed E-state index contributed by atoms with van der Waals surface area (Å²) in [6.07, 6.45) is 0. The summed E-state index contributed by atoms with van der Waals surface area (Å²) in [6.45, 7) is -0.255. The normalized spacial score (nSPS) is 10.1. The number of rotatable bonds is 3. The highest BCUT2D eigenvalue weighted by Crippen LogP contribution is 2.23. The molecule has 3 nitrogen and oxygen atoms in total. The molecule has 1 aromatic rings. The first-order valence-electron chi connectivity index (χ1n) is 3.98. The summed E-state index contributed by atoms with van der Waals surface area (Å²) in [4.78, 5) is 11.0. The van der Waals surface area contributed by atoms with E-state index < -0.39 is 23.2 Å². The highest BCUT2D eigenvalue weighted by Gasteiger charge is 2.12. The molecule has 0 spiro atoms. The van der Waals surface area contributed by atoms with E-state index in [1.54, 1.807) is 0 Å². The van der Waals surface area contributed by atoms with Crippen LogP contribution in [0.2, 0.25) is 0 Å². The van der Waals surface area contributed by atoms with E-state index in [2.05, 4.69) is 26.0 Å². The maximum atomic E-state index is 13.2. The van der Waals surface area contributed by atoms with Gasteiger partial charge >= 0.3 is 0 Å². The number of halogens is 3. The van der Waals surface area contributed by atoms with Gasteiger partial charge in [-0.05, 0) is 12.1 Å². The average Bonchev–Trinajstić information content (AvgIpc) is 2.11. The second-order valence-corrected chi connectivity index (χ2v) is 3.64. The van der Waals surface area contributed by atoms with Crippen molar-refractivity contribution in [3.8, 4) is 0 Å². The third kappa shape index (κ3) is 3.24. The molecule has 0 saturated heterocycles. The lowest BCUT2D eigenvalue weighted by Crippen LogP contribution is -2.18. The van der Waals surface area contributed by atoms with Crippen LogP contribution in [0.15, 0.2) is 16.6 Å². The quantitative estimate of drug-likeness (QED) is 0.922. The SMILES string of the molecule is COCC(=O)Nc1c(F)cc(Br)cc1F. The summed E-state index contributed by atoms with van der Waals surface area (Å²) in [5.41, 5.74) is -0.472. The summed E-state index contributed by atoms with van der Waals surface area (Å²) in [5, 5.41) is 2.07. The lowest BCUT2D eigenvalue weighted by molar-refractivity contribution is -0.119. The van der Waals surface area contributed by atoms with Crippen LogP contribution in [0, 0.1) is 11.6 Å². The Hall–Kier alpha value is -1.01. The standard InChI is InChI=1S/C9H8BrF2NO2/c1-15-4-8(14)13-9-6(11)2-5(10)3-7(9)12/h2-3H,4H2,1H3,(H,13,14). The Labute approximate surface area is 93.5 Å². The molecule has 0 aliphatic carbocycles. The summed E-state index contributed by atoms with van der Waals surface area (Å²) in [7, 11) is 1.31. The molecular formula is C9H8BrF2NO2. The van der Waals surface area contributed by atoms with Gasteiger partial charge in [-0.15, -0.1) is 0 Å². The van der Waals surface area contributed by atoms with Crippen molar-refractivity contribution >= 4 is 27.5 Å². The molecule has 0 saturated carbocycles. The molecule has 0 heterocycles. The van der Waals surface area contributed by atoms with Gasteiger partial charge in [0.1, 0.15) is 12.3 Å². The number of carbonyl (C=O) groups is 1.